The SMILES string of the molecule is COc1cc(-c2[nH]c(=O)[nH+]c3c2c(=O)n(C)c(=O)n3C)ccc1OCc1ccccc1. The predicted molar refractivity (Wildman–Crippen MR) is 114 cm³/mol. The number of fused-ring (bicyclic) bond motifs is 1. The van der Waals surface area contributed by atoms with Crippen LogP contribution in [0.4, 0.5) is 0 Å². The zero-order valence-corrected chi connectivity index (χ0v) is 17.3. The molecule has 0 fully saturated rings. The molecule has 0 saturated heterocycles. The number of H-pyrrole nitrogens is 2. The van der Waals surface area contributed by atoms with Gasteiger partial charge in [-0.3, -0.25) is 4.79 Å². The Bertz CT molecular complexity index is 1450. The zero-order chi connectivity index (χ0) is 22.1. The Labute approximate surface area is 176 Å². The van der Waals surface area contributed by atoms with Crippen LogP contribution in [-0.2, 0) is 20.7 Å². The summed E-state index contributed by atoms with van der Waals surface area (Å²) < 4.78 is 13.6. The van der Waals surface area contributed by atoms with Gasteiger partial charge in [0.2, 0.25) is 5.65 Å². The number of nitrogens with zero attached hydrogens (tertiary/aromatic N) is 2. The van der Waals surface area contributed by atoms with Gasteiger partial charge in [-0.1, -0.05) is 30.3 Å². The second-order valence-electron chi connectivity index (χ2n) is 7.02. The van der Waals surface area contributed by atoms with Crippen molar-refractivity contribution in [1.29, 1.82) is 0 Å². The summed E-state index contributed by atoms with van der Waals surface area (Å²) in [5.41, 5.74) is 0.353. The van der Waals surface area contributed by atoms with Crippen LogP contribution in [0.25, 0.3) is 22.3 Å². The average molecular weight is 421 g/mol. The van der Waals surface area contributed by atoms with Gasteiger partial charge in [-0.25, -0.2) is 28.7 Å². The van der Waals surface area contributed by atoms with Crippen LogP contribution in [0.2, 0.25) is 0 Å². The molecule has 2 aromatic carbocycles. The fraction of sp³-hybridized carbons (Fsp3) is 0.182. The predicted octanol–water partition coefficient (Wildman–Crippen LogP) is 0.994. The third-order valence-electron chi connectivity index (χ3n) is 5.07. The average Bonchev–Trinajstić information content (AvgIpc) is 2.80. The van der Waals surface area contributed by atoms with Gasteiger partial charge in [-0.05, 0) is 23.8 Å². The van der Waals surface area contributed by atoms with Crippen LogP contribution < -0.4 is 31.4 Å². The van der Waals surface area contributed by atoms with Crippen LogP contribution in [-0.4, -0.2) is 21.2 Å². The number of nitrogens with one attached hydrogen (secondary N) is 2. The number of rotatable bonds is 5. The molecule has 0 atom stereocenters. The molecular weight excluding hydrogens is 400 g/mol. The summed E-state index contributed by atoms with van der Waals surface area (Å²) in [6, 6.07) is 14.8. The van der Waals surface area contributed by atoms with Crippen molar-refractivity contribution in [2.75, 3.05) is 7.11 Å². The monoisotopic (exact) mass is 421 g/mol. The molecule has 0 aliphatic rings. The standard InChI is InChI=1S/C22H20N4O5/c1-25-19-17(20(27)26(2)22(25)29)18(23-21(28)24-19)14-9-10-15(16(11-14)30-3)31-12-13-7-5-4-6-8-13/h4-11H,12H2,1-3H3,(H,23,24,28)/p+1. The Hall–Kier alpha value is -4.14. The van der Waals surface area contributed by atoms with Crippen molar-refractivity contribution in [3.63, 3.8) is 0 Å². The third kappa shape index (κ3) is 3.61. The summed E-state index contributed by atoms with van der Waals surface area (Å²) in [6.45, 7) is 0.360. The summed E-state index contributed by atoms with van der Waals surface area (Å²) in [5.74, 6) is 0.960. The second-order valence-corrected chi connectivity index (χ2v) is 7.02. The second kappa shape index (κ2) is 7.94. The Morgan fingerprint density at radius 2 is 1.71 bits per heavy atom. The van der Waals surface area contributed by atoms with E-state index >= 15 is 0 Å². The number of hydrogen-bond donors (Lipinski definition) is 1. The fourth-order valence-corrected chi connectivity index (χ4v) is 3.42. The summed E-state index contributed by atoms with van der Waals surface area (Å²) in [6.07, 6.45) is 0. The Morgan fingerprint density at radius 1 is 0.968 bits per heavy atom. The molecular formula is C22H21N4O5+. The van der Waals surface area contributed by atoms with Crippen LogP contribution in [0, 0.1) is 0 Å². The molecule has 0 saturated carbocycles. The molecule has 9 nitrogen and oxygen atoms in total. The molecule has 0 aliphatic carbocycles. The van der Waals surface area contributed by atoms with Gasteiger partial charge in [-0.15, -0.1) is 0 Å². The maximum atomic E-state index is 12.8. The van der Waals surface area contributed by atoms with E-state index in [1.165, 1.54) is 25.8 Å². The molecule has 0 bridgehead atoms. The molecule has 2 heterocycles. The van der Waals surface area contributed by atoms with Crippen LogP contribution in [0.5, 0.6) is 11.5 Å². The fourth-order valence-electron chi connectivity index (χ4n) is 3.42. The first-order chi connectivity index (χ1) is 14.9. The lowest BCUT2D eigenvalue weighted by Crippen LogP contribution is -2.43. The van der Waals surface area contributed by atoms with Crippen molar-refractivity contribution in [1.82, 2.24) is 14.1 Å². The van der Waals surface area contributed by atoms with Gasteiger partial charge in [0.25, 0.3) is 5.56 Å². The zero-order valence-electron chi connectivity index (χ0n) is 17.3. The normalized spacial score (nSPS) is 10.9. The van der Waals surface area contributed by atoms with Crippen molar-refractivity contribution in [2.24, 2.45) is 14.1 Å². The number of hydrogen-bond acceptors (Lipinski definition) is 5. The van der Waals surface area contributed by atoms with E-state index in [2.05, 4.69) is 9.97 Å². The highest BCUT2D eigenvalue weighted by Gasteiger charge is 2.22. The minimum Gasteiger partial charge on any atom is -0.493 e. The molecule has 2 aromatic heterocycles. The van der Waals surface area contributed by atoms with E-state index in [1.807, 2.05) is 30.3 Å². The number of ether oxygens (including phenoxy) is 2. The summed E-state index contributed by atoms with van der Waals surface area (Å²) in [4.78, 5) is 42.5. The van der Waals surface area contributed by atoms with Crippen LogP contribution in [0.3, 0.4) is 0 Å². The molecule has 0 aliphatic heterocycles. The number of aryl methyl sites for hydroxylation is 1. The molecule has 4 aromatic rings. The molecule has 158 valence electrons. The third-order valence-corrected chi connectivity index (χ3v) is 5.07. The summed E-state index contributed by atoms with van der Waals surface area (Å²) >= 11 is 0. The molecule has 4 rings (SSSR count). The molecule has 31 heavy (non-hydrogen) atoms. The minimum atomic E-state index is -0.547. The number of benzene rings is 2. The Kier molecular flexibility index (Phi) is 5.16. The van der Waals surface area contributed by atoms with E-state index in [4.69, 9.17) is 9.47 Å². The van der Waals surface area contributed by atoms with Crippen molar-refractivity contribution in [3.8, 4) is 22.8 Å². The number of methoxy groups -OCH3 is 1. The van der Waals surface area contributed by atoms with E-state index < -0.39 is 16.9 Å². The maximum Gasteiger partial charge on any atom is 0.439 e. The molecule has 0 spiro atoms. The van der Waals surface area contributed by atoms with Crippen molar-refractivity contribution in [3.05, 3.63) is 85.4 Å². The molecule has 0 radical (unpaired) electrons. The first-order valence-electron chi connectivity index (χ1n) is 9.51. The molecule has 9 heteroatoms. The van der Waals surface area contributed by atoms with Crippen molar-refractivity contribution >= 4 is 11.0 Å². The first-order valence-corrected chi connectivity index (χ1v) is 9.51. The highest BCUT2D eigenvalue weighted by molar-refractivity contribution is 5.88. The lowest BCUT2D eigenvalue weighted by atomic mass is 10.1. The summed E-state index contributed by atoms with van der Waals surface area (Å²) in [7, 11) is 4.39. The summed E-state index contributed by atoms with van der Waals surface area (Å²) in [5, 5.41) is 0.184. The lowest BCUT2D eigenvalue weighted by Gasteiger charge is -2.12. The van der Waals surface area contributed by atoms with Gasteiger partial charge in [0.05, 0.1) is 14.2 Å². The van der Waals surface area contributed by atoms with Crippen molar-refractivity contribution in [2.45, 2.75) is 6.61 Å². The van der Waals surface area contributed by atoms with Gasteiger partial charge >= 0.3 is 11.4 Å². The maximum absolute atomic E-state index is 12.8. The largest absolute Gasteiger partial charge is 0.493 e. The smallest absolute Gasteiger partial charge is 0.439 e. The van der Waals surface area contributed by atoms with Gasteiger partial charge < -0.3 is 9.47 Å². The topological polar surface area (TPSA) is 109 Å². The molecule has 0 unspecified atom stereocenters. The van der Waals surface area contributed by atoms with E-state index in [0.29, 0.717) is 23.7 Å². The first kappa shape index (κ1) is 20.1. The lowest BCUT2D eigenvalue weighted by molar-refractivity contribution is -0.374. The van der Waals surface area contributed by atoms with Crippen LogP contribution in [0.1, 0.15) is 5.56 Å². The van der Waals surface area contributed by atoms with Gasteiger partial charge in [-0.2, -0.15) is 0 Å². The minimum absolute atomic E-state index is 0.134. The number of aromatic nitrogens is 4. The highest BCUT2D eigenvalue weighted by Crippen LogP contribution is 2.33. The number of aromatic amines is 2. The van der Waals surface area contributed by atoms with E-state index in [9.17, 15) is 14.4 Å². The van der Waals surface area contributed by atoms with Gasteiger partial charge in [0.1, 0.15) is 12.3 Å². The molecule has 2 N–H and O–H groups in total. The van der Waals surface area contributed by atoms with E-state index in [0.717, 1.165) is 10.1 Å². The highest BCUT2D eigenvalue weighted by atomic mass is 16.5. The molecule has 0 amide bonds. The quantitative estimate of drug-likeness (QED) is 0.517. The van der Waals surface area contributed by atoms with Gasteiger partial charge in [0, 0.05) is 12.6 Å². The Balaban J connectivity index is 1.84. The van der Waals surface area contributed by atoms with Crippen LogP contribution in [0.15, 0.2) is 62.9 Å². The van der Waals surface area contributed by atoms with E-state index in [1.54, 1.807) is 18.2 Å². The van der Waals surface area contributed by atoms with Crippen molar-refractivity contribution < 1.29 is 14.5 Å². The van der Waals surface area contributed by atoms with Crippen LogP contribution >= 0.6 is 0 Å². The van der Waals surface area contributed by atoms with Gasteiger partial charge in [0.15, 0.2) is 16.9 Å². The Morgan fingerprint density at radius 3 is 2.42 bits per heavy atom. The van der Waals surface area contributed by atoms with E-state index in [-0.39, 0.29) is 16.7 Å².